The topological polar surface area (TPSA) is 81.5 Å². The van der Waals surface area contributed by atoms with Crippen molar-refractivity contribution in [2.24, 2.45) is 4.99 Å². The Bertz CT molecular complexity index is 544. The Labute approximate surface area is 94.4 Å². The molecule has 0 aliphatic heterocycles. The average molecular weight is 237 g/mol. The Morgan fingerprint density at radius 1 is 1.62 bits per heavy atom. The van der Waals surface area contributed by atoms with Gasteiger partial charge in [-0.3, -0.25) is 10.1 Å². The van der Waals surface area contributed by atoms with Crippen molar-refractivity contribution in [3.63, 3.8) is 0 Å². The maximum atomic E-state index is 10.3. The molecular weight excluding hydrogens is 230 g/mol. The number of nitrogens with zero attached hydrogens (tertiary/aromatic N) is 3. The van der Waals surface area contributed by atoms with E-state index in [1.165, 1.54) is 29.7 Å². The van der Waals surface area contributed by atoms with Crippen LogP contribution in [0.4, 0.5) is 11.0 Å². The Balaban J connectivity index is 2.14. The van der Waals surface area contributed by atoms with Gasteiger partial charge < -0.3 is 4.42 Å². The van der Waals surface area contributed by atoms with Crippen LogP contribution >= 0.6 is 11.3 Å². The first-order valence-electron chi connectivity index (χ1n) is 4.35. The number of thiazole rings is 1. The van der Waals surface area contributed by atoms with Gasteiger partial charge in [0.15, 0.2) is 5.76 Å². The molecule has 0 N–H and O–H groups in total. The van der Waals surface area contributed by atoms with Gasteiger partial charge in [0.05, 0.1) is 18.0 Å². The smallest absolute Gasteiger partial charge is 0.400 e. The summed E-state index contributed by atoms with van der Waals surface area (Å²) in [5.74, 6) is 0.0383. The van der Waals surface area contributed by atoms with E-state index in [0.29, 0.717) is 10.9 Å². The summed E-state index contributed by atoms with van der Waals surface area (Å²) < 4.78 is 4.90. The minimum Gasteiger partial charge on any atom is -0.400 e. The zero-order chi connectivity index (χ0) is 11.5. The molecular formula is C9H7N3O3S. The molecule has 0 radical (unpaired) electrons. The highest BCUT2D eigenvalue weighted by molar-refractivity contribution is 7.13. The molecule has 2 aromatic rings. The van der Waals surface area contributed by atoms with Crippen LogP contribution in [-0.2, 0) is 0 Å². The van der Waals surface area contributed by atoms with E-state index in [2.05, 4.69) is 9.98 Å². The lowest BCUT2D eigenvalue weighted by atomic mass is 10.5. The number of hydrogen-bond donors (Lipinski definition) is 0. The van der Waals surface area contributed by atoms with Crippen LogP contribution in [0.25, 0.3) is 0 Å². The van der Waals surface area contributed by atoms with E-state index in [-0.39, 0.29) is 5.88 Å². The molecule has 0 aliphatic rings. The Morgan fingerprint density at radius 3 is 3.00 bits per heavy atom. The molecule has 0 unspecified atom stereocenters. The van der Waals surface area contributed by atoms with Gasteiger partial charge in [0.2, 0.25) is 5.13 Å². The van der Waals surface area contributed by atoms with Crippen LogP contribution in [0.15, 0.2) is 26.9 Å². The van der Waals surface area contributed by atoms with Crippen LogP contribution in [0.3, 0.4) is 0 Å². The van der Waals surface area contributed by atoms with E-state index in [9.17, 15) is 10.1 Å². The van der Waals surface area contributed by atoms with E-state index in [4.69, 9.17) is 4.42 Å². The maximum Gasteiger partial charge on any atom is 0.433 e. The third-order valence-electron chi connectivity index (χ3n) is 1.70. The predicted octanol–water partition coefficient (Wildman–Crippen LogP) is 2.70. The number of aromatic nitrogens is 1. The van der Waals surface area contributed by atoms with Crippen LogP contribution in [0.1, 0.15) is 11.5 Å². The van der Waals surface area contributed by atoms with Crippen molar-refractivity contribution in [1.82, 2.24) is 4.98 Å². The molecule has 0 saturated heterocycles. The number of furan rings is 1. The van der Waals surface area contributed by atoms with Gasteiger partial charge >= 0.3 is 5.88 Å². The van der Waals surface area contributed by atoms with E-state index in [1.807, 2.05) is 12.3 Å². The first kappa shape index (κ1) is 10.5. The lowest BCUT2D eigenvalue weighted by molar-refractivity contribution is -0.402. The second-order valence-corrected chi connectivity index (χ2v) is 3.80. The van der Waals surface area contributed by atoms with Crippen LogP contribution in [0.2, 0.25) is 0 Å². The van der Waals surface area contributed by atoms with Gasteiger partial charge in [-0.15, -0.1) is 11.3 Å². The Hall–Kier alpha value is -2.02. The van der Waals surface area contributed by atoms with Gasteiger partial charge in [-0.2, -0.15) is 0 Å². The third-order valence-corrected chi connectivity index (χ3v) is 2.57. The summed E-state index contributed by atoms with van der Waals surface area (Å²) >= 11 is 1.40. The normalized spacial score (nSPS) is 11.1. The predicted molar refractivity (Wildman–Crippen MR) is 59.5 cm³/mol. The first-order chi connectivity index (χ1) is 7.65. The summed E-state index contributed by atoms with van der Waals surface area (Å²) in [5.41, 5.74) is 0.891. The van der Waals surface area contributed by atoms with Crippen LogP contribution < -0.4 is 0 Å². The van der Waals surface area contributed by atoms with E-state index in [0.717, 1.165) is 5.69 Å². The molecule has 6 nitrogen and oxygen atoms in total. The fourth-order valence-electron chi connectivity index (χ4n) is 1.03. The zero-order valence-electron chi connectivity index (χ0n) is 8.28. The number of nitro groups is 1. The zero-order valence-corrected chi connectivity index (χ0v) is 9.10. The first-order valence-corrected chi connectivity index (χ1v) is 5.23. The van der Waals surface area contributed by atoms with Crippen LogP contribution in [0, 0.1) is 17.0 Å². The largest absolute Gasteiger partial charge is 0.433 e. The molecule has 0 atom stereocenters. The molecule has 0 aliphatic carbocycles. The standard InChI is InChI=1S/C9H7N3O3S/c1-6-5-16-9(11-6)10-4-7-2-3-8(15-7)12(13)14/h2-5H,1H3/b10-4+. The minimum absolute atomic E-state index is 0.295. The summed E-state index contributed by atoms with van der Waals surface area (Å²) in [6.45, 7) is 1.87. The van der Waals surface area contributed by atoms with E-state index < -0.39 is 4.92 Å². The second kappa shape index (κ2) is 4.23. The molecule has 7 heteroatoms. The summed E-state index contributed by atoms with van der Waals surface area (Å²) in [6.07, 6.45) is 1.41. The van der Waals surface area contributed by atoms with E-state index >= 15 is 0 Å². The van der Waals surface area contributed by atoms with Gasteiger partial charge in [-0.05, 0) is 13.0 Å². The van der Waals surface area contributed by atoms with Crippen molar-refractivity contribution >= 4 is 28.6 Å². The molecule has 0 aromatic carbocycles. The number of hydrogen-bond acceptors (Lipinski definition) is 6. The lowest BCUT2D eigenvalue weighted by Crippen LogP contribution is -1.83. The number of aryl methyl sites for hydroxylation is 1. The summed E-state index contributed by atoms with van der Waals surface area (Å²) in [7, 11) is 0. The summed E-state index contributed by atoms with van der Waals surface area (Å²) in [6, 6.07) is 2.77. The Kier molecular flexibility index (Phi) is 2.78. The maximum absolute atomic E-state index is 10.3. The van der Waals surface area contributed by atoms with Crippen molar-refractivity contribution in [2.45, 2.75) is 6.92 Å². The van der Waals surface area contributed by atoms with Gasteiger partial charge in [0, 0.05) is 5.38 Å². The molecule has 0 spiro atoms. The van der Waals surface area contributed by atoms with Crippen LogP contribution in [-0.4, -0.2) is 16.1 Å². The Morgan fingerprint density at radius 2 is 2.44 bits per heavy atom. The molecule has 2 aromatic heterocycles. The molecule has 0 saturated carbocycles. The quantitative estimate of drug-likeness (QED) is 0.467. The minimum atomic E-state index is -0.592. The highest BCUT2D eigenvalue weighted by Crippen LogP contribution is 2.19. The van der Waals surface area contributed by atoms with Gasteiger partial charge in [0.1, 0.15) is 4.92 Å². The summed E-state index contributed by atoms with van der Waals surface area (Å²) in [5, 5.41) is 12.8. The monoisotopic (exact) mass is 237 g/mol. The number of rotatable bonds is 3. The molecule has 0 amide bonds. The fourth-order valence-corrected chi connectivity index (χ4v) is 1.67. The van der Waals surface area contributed by atoms with Gasteiger partial charge in [0.25, 0.3) is 0 Å². The molecule has 0 fully saturated rings. The molecule has 2 rings (SSSR count). The number of aliphatic imine (C=N–C) groups is 1. The van der Waals surface area contributed by atoms with Crippen molar-refractivity contribution < 1.29 is 9.34 Å². The fraction of sp³-hybridized carbons (Fsp3) is 0.111. The molecule has 2 heterocycles. The van der Waals surface area contributed by atoms with Crippen molar-refractivity contribution in [3.8, 4) is 0 Å². The summed E-state index contributed by atoms with van der Waals surface area (Å²) in [4.78, 5) is 17.9. The van der Waals surface area contributed by atoms with Gasteiger partial charge in [-0.1, -0.05) is 0 Å². The average Bonchev–Trinajstić information content (AvgIpc) is 2.83. The van der Waals surface area contributed by atoms with Crippen molar-refractivity contribution in [1.29, 1.82) is 0 Å². The highest BCUT2D eigenvalue weighted by Gasteiger charge is 2.10. The molecule has 82 valence electrons. The van der Waals surface area contributed by atoms with Crippen molar-refractivity contribution in [2.75, 3.05) is 0 Å². The van der Waals surface area contributed by atoms with E-state index in [1.54, 1.807) is 0 Å². The lowest BCUT2D eigenvalue weighted by Gasteiger charge is -1.83. The van der Waals surface area contributed by atoms with Crippen LogP contribution in [0.5, 0.6) is 0 Å². The highest BCUT2D eigenvalue weighted by atomic mass is 32.1. The SMILES string of the molecule is Cc1csc(/N=C/c2ccc([N+](=O)[O-])o2)n1. The second-order valence-electron chi connectivity index (χ2n) is 2.96. The molecule has 16 heavy (non-hydrogen) atoms. The van der Waals surface area contributed by atoms with Crippen molar-refractivity contribution in [3.05, 3.63) is 39.1 Å². The molecule has 0 bridgehead atoms. The third kappa shape index (κ3) is 2.31. The van der Waals surface area contributed by atoms with Gasteiger partial charge in [-0.25, -0.2) is 9.98 Å².